The first kappa shape index (κ1) is 21.2. The van der Waals surface area contributed by atoms with E-state index in [1.807, 2.05) is 13.8 Å². The van der Waals surface area contributed by atoms with Gasteiger partial charge in [-0.3, -0.25) is 9.59 Å². The molecule has 0 saturated heterocycles. The predicted octanol–water partition coefficient (Wildman–Crippen LogP) is 3.45. The Balaban J connectivity index is 2.26. The van der Waals surface area contributed by atoms with Gasteiger partial charge in [-0.25, -0.2) is 4.79 Å². The van der Waals surface area contributed by atoms with Gasteiger partial charge in [-0.2, -0.15) is 0 Å². The monoisotopic (exact) mass is 385 g/mol. The zero-order valence-electron chi connectivity index (χ0n) is 16.9. The summed E-state index contributed by atoms with van der Waals surface area (Å²) in [4.78, 5) is 40.3. The van der Waals surface area contributed by atoms with E-state index in [-0.39, 0.29) is 18.2 Å². The Morgan fingerprint density at radius 1 is 1.11 bits per heavy atom. The highest BCUT2D eigenvalue weighted by Gasteiger charge is 2.23. The molecule has 0 fully saturated rings. The number of aryl methyl sites for hydroxylation is 1. The number of ether oxygens (including phenoxy) is 1. The number of nitrogens with one attached hydrogen (secondary N) is 3. The summed E-state index contributed by atoms with van der Waals surface area (Å²) in [6.45, 7) is 9.93. The van der Waals surface area contributed by atoms with Crippen molar-refractivity contribution in [2.75, 3.05) is 18.5 Å². The first-order valence-corrected chi connectivity index (χ1v) is 9.31. The normalized spacial score (nSPS) is 10.6. The van der Waals surface area contributed by atoms with E-state index in [0.29, 0.717) is 40.5 Å². The largest absolute Gasteiger partial charge is 0.462 e. The van der Waals surface area contributed by atoms with Crippen LogP contribution in [0, 0.1) is 19.8 Å². The number of benzene rings is 1. The van der Waals surface area contributed by atoms with Crippen LogP contribution in [-0.2, 0) is 4.74 Å². The number of esters is 1. The second-order valence-corrected chi connectivity index (χ2v) is 6.95. The molecule has 3 N–H and O–H groups in total. The summed E-state index contributed by atoms with van der Waals surface area (Å²) in [5, 5.41) is 5.61. The van der Waals surface area contributed by atoms with Gasteiger partial charge in [0.05, 0.1) is 23.4 Å². The van der Waals surface area contributed by atoms with Crippen LogP contribution in [0.5, 0.6) is 0 Å². The number of aromatic nitrogens is 1. The average Bonchev–Trinajstić information content (AvgIpc) is 2.94. The number of H-pyrrole nitrogens is 1. The molecule has 0 spiro atoms. The first-order valence-electron chi connectivity index (χ1n) is 9.31. The van der Waals surface area contributed by atoms with Crippen molar-refractivity contribution in [2.45, 2.75) is 34.6 Å². The van der Waals surface area contributed by atoms with Crippen LogP contribution in [0.3, 0.4) is 0 Å². The molecule has 0 saturated carbocycles. The van der Waals surface area contributed by atoms with Crippen LogP contribution in [0.2, 0.25) is 0 Å². The summed E-state index contributed by atoms with van der Waals surface area (Å²) in [5.74, 6) is -0.839. The third kappa shape index (κ3) is 4.79. The molecule has 1 aromatic heterocycles. The predicted molar refractivity (Wildman–Crippen MR) is 108 cm³/mol. The third-order valence-electron chi connectivity index (χ3n) is 4.23. The van der Waals surface area contributed by atoms with Gasteiger partial charge in [0.2, 0.25) is 0 Å². The molecule has 2 rings (SSSR count). The second-order valence-electron chi connectivity index (χ2n) is 6.95. The first-order chi connectivity index (χ1) is 13.3. The summed E-state index contributed by atoms with van der Waals surface area (Å²) in [5.41, 5.74) is 2.47. The van der Waals surface area contributed by atoms with E-state index in [9.17, 15) is 14.4 Å². The molecule has 1 heterocycles. The molecular weight excluding hydrogens is 358 g/mol. The van der Waals surface area contributed by atoms with Gasteiger partial charge >= 0.3 is 5.97 Å². The van der Waals surface area contributed by atoms with E-state index in [1.165, 1.54) is 0 Å². The Morgan fingerprint density at radius 2 is 1.79 bits per heavy atom. The summed E-state index contributed by atoms with van der Waals surface area (Å²) in [7, 11) is 0. The molecular formula is C21H27N3O4. The molecule has 150 valence electrons. The quantitative estimate of drug-likeness (QED) is 0.636. The molecule has 28 heavy (non-hydrogen) atoms. The standard InChI is InChI=1S/C21H27N3O4/c1-6-28-21(27)17-13(4)18(23-14(17)5)20(26)24-16-10-8-7-9-15(16)19(25)22-11-12(2)3/h7-10,12,23H,6,11H2,1-5H3,(H,22,25)(H,24,26). The number of para-hydroxylation sites is 1. The van der Waals surface area contributed by atoms with Gasteiger partial charge in [-0.15, -0.1) is 0 Å². The van der Waals surface area contributed by atoms with Gasteiger partial charge < -0.3 is 20.4 Å². The van der Waals surface area contributed by atoms with E-state index in [1.54, 1.807) is 45.0 Å². The van der Waals surface area contributed by atoms with Gasteiger partial charge in [0.1, 0.15) is 5.69 Å². The fourth-order valence-corrected chi connectivity index (χ4v) is 2.85. The smallest absolute Gasteiger partial charge is 0.340 e. The molecule has 2 aromatic rings. The fraction of sp³-hybridized carbons (Fsp3) is 0.381. The number of carbonyl (C=O) groups is 3. The van der Waals surface area contributed by atoms with Gasteiger partial charge in [0, 0.05) is 12.2 Å². The fourth-order valence-electron chi connectivity index (χ4n) is 2.85. The topological polar surface area (TPSA) is 100 Å². The molecule has 0 bridgehead atoms. The minimum absolute atomic E-state index is 0.253. The third-order valence-corrected chi connectivity index (χ3v) is 4.23. The van der Waals surface area contributed by atoms with Crippen molar-refractivity contribution >= 4 is 23.5 Å². The van der Waals surface area contributed by atoms with E-state index >= 15 is 0 Å². The van der Waals surface area contributed by atoms with Crippen LogP contribution < -0.4 is 10.6 Å². The lowest BCUT2D eigenvalue weighted by Crippen LogP contribution is -2.28. The van der Waals surface area contributed by atoms with Gasteiger partial charge in [0.15, 0.2) is 0 Å². The molecule has 0 aliphatic rings. The number of hydrogen-bond acceptors (Lipinski definition) is 4. The maximum atomic E-state index is 12.8. The zero-order valence-corrected chi connectivity index (χ0v) is 16.9. The Hall–Kier alpha value is -3.09. The van der Waals surface area contributed by atoms with Crippen molar-refractivity contribution in [3.05, 3.63) is 52.3 Å². The number of aromatic amines is 1. The Morgan fingerprint density at radius 3 is 2.43 bits per heavy atom. The molecule has 0 atom stereocenters. The SMILES string of the molecule is CCOC(=O)c1c(C)[nH]c(C(=O)Nc2ccccc2C(=O)NCC(C)C)c1C. The molecule has 7 heteroatoms. The summed E-state index contributed by atoms with van der Waals surface area (Å²) in [6.07, 6.45) is 0. The number of anilines is 1. The van der Waals surface area contributed by atoms with Crippen molar-refractivity contribution in [2.24, 2.45) is 5.92 Å². The van der Waals surface area contributed by atoms with E-state index < -0.39 is 11.9 Å². The maximum Gasteiger partial charge on any atom is 0.340 e. The molecule has 0 unspecified atom stereocenters. The van der Waals surface area contributed by atoms with Crippen molar-refractivity contribution in [3.8, 4) is 0 Å². The minimum atomic E-state index is -0.471. The van der Waals surface area contributed by atoms with Crippen molar-refractivity contribution in [1.29, 1.82) is 0 Å². The lowest BCUT2D eigenvalue weighted by molar-refractivity contribution is 0.0524. The Kier molecular flexibility index (Phi) is 6.98. The van der Waals surface area contributed by atoms with Gasteiger partial charge in [0.25, 0.3) is 11.8 Å². The van der Waals surface area contributed by atoms with E-state index in [0.717, 1.165) is 0 Å². The Labute approximate surface area is 164 Å². The number of rotatable bonds is 7. The second kappa shape index (κ2) is 9.21. The van der Waals surface area contributed by atoms with Gasteiger partial charge in [-0.1, -0.05) is 26.0 Å². The van der Waals surface area contributed by atoms with Crippen molar-refractivity contribution in [3.63, 3.8) is 0 Å². The highest BCUT2D eigenvalue weighted by Crippen LogP contribution is 2.22. The molecule has 0 aliphatic carbocycles. The van der Waals surface area contributed by atoms with Crippen LogP contribution in [0.4, 0.5) is 5.69 Å². The highest BCUT2D eigenvalue weighted by atomic mass is 16.5. The molecule has 7 nitrogen and oxygen atoms in total. The van der Waals surface area contributed by atoms with Crippen molar-refractivity contribution < 1.29 is 19.1 Å². The van der Waals surface area contributed by atoms with Gasteiger partial charge in [-0.05, 0) is 44.4 Å². The van der Waals surface area contributed by atoms with E-state index in [2.05, 4.69) is 15.6 Å². The maximum absolute atomic E-state index is 12.8. The summed E-state index contributed by atoms with van der Waals surface area (Å²) < 4.78 is 5.05. The molecule has 2 amide bonds. The van der Waals surface area contributed by atoms with Crippen LogP contribution in [0.1, 0.15) is 63.2 Å². The summed E-state index contributed by atoms with van der Waals surface area (Å²) >= 11 is 0. The number of amides is 2. The minimum Gasteiger partial charge on any atom is -0.462 e. The van der Waals surface area contributed by atoms with Crippen LogP contribution in [-0.4, -0.2) is 35.9 Å². The number of carbonyl (C=O) groups excluding carboxylic acids is 3. The highest BCUT2D eigenvalue weighted by molar-refractivity contribution is 6.10. The summed E-state index contributed by atoms with van der Waals surface area (Å²) in [6, 6.07) is 6.80. The van der Waals surface area contributed by atoms with Crippen LogP contribution >= 0.6 is 0 Å². The average molecular weight is 385 g/mol. The Bertz CT molecular complexity index is 884. The molecule has 0 aliphatic heterocycles. The van der Waals surface area contributed by atoms with Crippen molar-refractivity contribution in [1.82, 2.24) is 10.3 Å². The van der Waals surface area contributed by atoms with E-state index in [4.69, 9.17) is 4.74 Å². The number of hydrogen-bond donors (Lipinski definition) is 3. The van der Waals surface area contributed by atoms with Crippen LogP contribution in [0.25, 0.3) is 0 Å². The molecule has 0 radical (unpaired) electrons. The molecule has 1 aromatic carbocycles. The zero-order chi connectivity index (χ0) is 20.8. The van der Waals surface area contributed by atoms with Crippen LogP contribution in [0.15, 0.2) is 24.3 Å². The lowest BCUT2D eigenvalue weighted by atomic mass is 10.1. The lowest BCUT2D eigenvalue weighted by Gasteiger charge is -2.12.